The van der Waals surface area contributed by atoms with E-state index in [9.17, 15) is 0 Å². The van der Waals surface area contributed by atoms with E-state index in [1.165, 1.54) is 46.0 Å². The van der Waals surface area contributed by atoms with Crippen molar-refractivity contribution >= 4 is 133 Å². The van der Waals surface area contributed by atoms with Gasteiger partial charge in [-0.05, 0) is 0 Å². The van der Waals surface area contributed by atoms with Crippen LogP contribution in [-0.2, 0) is 0 Å². The molecule has 0 amide bonds. The quantitative estimate of drug-likeness (QED) is 0.0601. The summed E-state index contributed by atoms with van der Waals surface area (Å²) >= 11 is 32.9. The fraction of sp³-hybridized carbons (Fsp3) is 1.00. The second-order valence-electron chi connectivity index (χ2n) is 8.14. The highest BCUT2D eigenvalue weighted by Gasteiger charge is 2.16. The van der Waals surface area contributed by atoms with E-state index >= 15 is 0 Å². The molecule has 0 nitrogen and oxygen atoms in total. The maximum absolute atomic E-state index is 4.57. The Morgan fingerprint density at radius 2 is 0.727 bits per heavy atom. The number of hydrogen-bond acceptors (Lipinski definition) is 11. The molecule has 11 heteroatoms. The van der Waals surface area contributed by atoms with E-state index in [1.54, 1.807) is 0 Å². The predicted molar refractivity (Wildman–Crippen MR) is 193 cm³/mol. The molecule has 6 atom stereocenters. The lowest BCUT2D eigenvalue weighted by Crippen LogP contribution is -2.19. The standard InChI is InChI=1S/C22H46S11/c1-17(23)9-27-5-6-29-13-21(14-30-11-19(3)25)33-16-22(15-31-12-20(4)26)32-8-7-28-10-18(2)24/h17-26H,5-16H2,1-4H3. The number of hydrogen-bond donors (Lipinski definition) is 4. The molecule has 0 spiro atoms. The van der Waals surface area contributed by atoms with Crippen molar-refractivity contribution in [3.63, 3.8) is 0 Å². The first-order valence-electron chi connectivity index (χ1n) is 11.5. The molecule has 0 heterocycles. The first-order chi connectivity index (χ1) is 15.7. The minimum atomic E-state index is 0.480. The smallest absolute Gasteiger partial charge is 0.0229 e. The zero-order chi connectivity index (χ0) is 24.9. The van der Waals surface area contributed by atoms with Crippen LogP contribution in [0, 0.1) is 0 Å². The van der Waals surface area contributed by atoms with E-state index in [1.807, 2.05) is 23.5 Å². The largest absolute Gasteiger partial charge is 0.175 e. The van der Waals surface area contributed by atoms with Crippen LogP contribution in [0.1, 0.15) is 27.7 Å². The Labute approximate surface area is 258 Å². The van der Waals surface area contributed by atoms with E-state index < -0.39 is 0 Å². The van der Waals surface area contributed by atoms with Gasteiger partial charge in [-0.15, -0.1) is 0 Å². The van der Waals surface area contributed by atoms with Gasteiger partial charge in [0.1, 0.15) is 0 Å². The van der Waals surface area contributed by atoms with Crippen molar-refractivity contribution < 1.29 is 0 Å². The molecule has 0 fully saturated rings. The van der Waals surface area contributed by atoms with Crippen LogP contribution in [-0.4, -0.2) is 101 Å². The maximum atomic E-state index is 4.57. The molecule has 0 saturated heterocycles. The second-order valence-corrected chi connectivity index (χ2v) is 20.0. The highest BCUT2D eigenvalue weighted by atomic mass is 32.2. The third kappa shape index (κ3) is 28.7. The molecule has 6 unspecified atom stereocenters. The van der Waals surface area contributed by atoms with Crippen molar-refractivity contribution in [3.8, 4) is 0 Å². The van der Waals surface area contributed by atoms with Gasteiger partial charge in [0.2, 0.25) is 0 Å². The average Bonchev–Trinajstić information content (AvgIpc) is 2.71. The topological polar surface area (TPSA) is 0 Å². The van der Waals surface area contributed by atoms with Gasteiger partial charge in [-0.3, -0.25) is 0 Å². The number of thioether (sulfide) groups is 7. The molecule has 0 rings (SSSR count). The van der Waals surface area contributed by atoms with Gasteiger partial charge in [-0.25, -0.2) is 0 Å². The van der Waals surface area contributed by atoms with Crippen LogP contribution in [0.4, 0.5) is 0 Å². The van der Waals surface area contributed by atoms with Crippen molar-refractivity contribution in [3.05, 3.63) is 0 Å². The van der Waals surface area contributed by atoms with Crippen molar-refractivity contribution in [2.75, 3.05) is 69.0 Å². The van der Waals surface area contributed by atoms with Gasteiger partial charge < -0.3 is 0 Å². The Balaban J connectivity index is 4.50. The lowest BCUT2D eigenvalue weighted by molar-refractivity contribution is 1.08. The molecule has 0 aromatic heterocycles. The summed E-state index contributed by atoms with van der Waals surface area (Å²) in [5.41, 5.74) is 0. The highest BCUT2D eigenvalue weighted by molar-refractivity contribution is 8.08. The van der Waals surface area contributed by atoms with E-state index in [2.05, 4.69) is 137 Å². The van der Waals surface area contributed by atoms with Gasteiger partial charge in [0.05, 0.1) is 0 Å². The van der Waals surface area contributed by atoms with Gasteiger partial charge in [-0.2, -0.15) is 133 Å². The second kappa shape index (κ2) is 26.1. The summed E-state index contributed by atoms with van der Waals surface area (Å²) in [7, 11) is 0. The zero-order valence-corrected chi connectivity index (χ0v) is 29.9. The van der Waals surface area contributed by atoms with Crippen LogP contribution in [0.5, 0.6) is 0 Å². The Kier molecular flexibility index (Phi) is 29.1. The van der Waals surface area contributed by atoms with E-state index in [0.717, 1.165) is 33.5 Å². The monoisotopic (exact) mass is 662 g/mol. The van der Waals surface area contributed by atoms with Crippen molar-refractivity contribution in [1.29, 1.82) is 0 Å². The zero-order valence-electron chi connectivity index (χ0n) is 20.6. The Morgan fingerprint density at radius 3 is 1.18 bits per heavy atom. The van der Waals surface area contributed by atoms with Crippen LogP contribution in [0.3, 0.4) is 0 Å². The molecule has 0 aromatic rings. The van der Waals surface area contributed by atoms with Crippen molar-refractivity contribution in [2.24, 2.45) is 0 Å². The Morgan fingerprint density at radius 1 is 0.394 bits per heavy atom. The summed E-state index contributed by atoms with van der Waals surface area (Å²) in [6.45, 7) is 8.76. The summed E-state index contributed by atoms with van der Waals surface area (Å²) < 4.78 is 0. The van der Waals surface area contributed by atoms with Gasteiger partial charge in [0, 0.05) is 101 Å². The Bertz CT molecular complexity index is 408. The average molecular weight is 663 g/mol. The van der Waals surface area contributed by atoms with Gasteiger partial charge in [-0.1, -0.05) is 27.7 Å². The molecule has 0 radical (unpaired) electrons. The summed E-state index contributed by atoms with van der Waals surface area (Å²) in [5, 5.41) is 3.42. The minimum Gasteiger partial charge on any atom is -0.175 e. The molecular weight excluding hydrogens is 617 g/mol. The molecule has 0 bridgehead atoms. The number of thiol groups is 4. The molecule has 0 aliphatic rings. The van der Waals surface area contributed by atoms with Gasteiger partial charge in [0.25, 0.3) is 0 Å². The fourth-order valence-corrected chi connectivity index (χ4v) is 12.6. The third-order valence-corrected chi connectivity index (χ3v) is 15.9. The van der Waals surface area contributed by atoms with Crippen LogP contribution >= 0.6 is 133 Å². The van der Waals surface area contributed by atoms with Crippen LogP contribution < -0.4 is 0 Å². The van der Waals surface area contributed by atoms with Crippen molar-refractivity contribution in [2.45, 2.75) is 59.2 Å². The molecule has 0 saturated carbocycles. The summed E-state index contributed by atoms with van der Waals surface area (Å²) in [6.07, 6.45) is 0. The molecule has 33 heavy (non-hydrogen) atoms. The molecule has 0 aliphatic carbocycles. The highest BCUT2D eigenvalue weighted by Crippen LogP contribution is 2.28. The first kappa shape index (κ1) is 36.8. The molecule has 0 aliphatic heterocycles. The molecule has 0 aromatic carbocycles. The lowest BCUT2D eigenvalue weighted by Gasteiger charge is -2.21. The SMILES string of the molecule is CC(S)CSCCSCC(CSCC(C)S)SCC(CSCC(C)S)SCCSCC(C)S. The van der Waals surface area contributed by atoms with Crippen LogP contribution in [0.15, 0.2) is 0 Å². The summed E-state index contributed by atoms with van der Waals surface area (Å²) in [4.78, 5) is 0. The number of rotatable bonds is 24. The molecular formula is C22H46S11. The van der Waals surface area contributed by atoms with Crippen molar-refractivity contribution in [1.82, 2.24) is 0 Å². The van der Waals surface area contributed by atoms with E-state index in [0.29, 0.717) is 21.0 Å². The van der Waals surface area contributed by atoms with Gasteiger partial charge >= 0.3 is 0 Å². The predicted octanol–water partition coefficient (Wildman–Crippen LogP) is 8.13. The minimum absolute atomic E-state index is 0.480. The molecule has 200 valence electrons. The summed E-state index contributed by atoms with van der Waals surface area (Å²) in [5.74, 6) is 14.6. The van der Waals surface area contributed by atoms with E-state index in [4.69, 9.17) is 0 Å². The lowest BCUT2D eigenvalue weighted by atomic mass is 10.5. The summed E-state index contributed by atoms with van der Waals surface area (Å²) in [6, 6.07) is 0. The first-order valence-corrected chi connectivity index (χ1v) is 21.5. The molecule has 0 N–H and O–H groups in total. The van der Waals surface area contributed by atoms with Crippen LogP contribution in [0.2, 0.25) is 0 Å². The van der Waals surface area contributed by atoms with E-state index in [-0.39, 0.29) is 0 Å². The normalized spacial score (nSPS) is 17.5. The van der Waals surface area contributed by atoms with Crippen LogP contribution in [0.25, 0.3) is 0 Å². The Hall–Kier alpha value is 3.85. The third-order valence-electron chi connectivity index (χ3n) is 3.82. The van der Waals surface area contributed by atoms with Gasteiger partial charge in [0.15, 0.2) is 0 Å². The fourth-order valence-electron chi connectivity index (χ4n) is 2.39. The maximum Gasteiger partial charge on any atom is 0.0229 e.